The van der Waals surface area contributed by atoms with Crippen molar-refractivity contribution in [3.05, 3.63) is 46.6 Å². The van der Waals surface area contributed by atoms with Crippen molar-refractivity contribution in [2.24, 2.45) is 17.1 Å². The fourth-order valence-electron chi connectivity index (χ4n) is 6.65. The van der Waals surface area contributed by atoms with Crippen molar-refractivity contribution in [3.8, 4) is 0 Å². The van der Waals surface area contributed by atoms with Crippen LogP contribution in [0.4, 0.5) is 0 Å². The van der Waals surface area contributed by atoms with Gasteiger partial charge in [-0.05, 0) is 102 Å². The van der Waals surface area contributed by atoms with E-state index < -0.39 is 17.8 Å². The molecule has 0 amide bonds. The van der Waals surface area contributed by atoms with Crippen molar-refractivity contribution in [2.75, 3.05) is 0 Å². The first kappa shape index (κ1) is 26.4. The van der Waals surface area contributed by atoms with Crippen molar-refractivity contribution in [1.82, 2.24) is 0 Å². The van der Waals surface area contributed by atoms with Crippen LogP contribution in [-0.4, -0.2) is 38.7 Å². The predicted molar refractivity (Wildman–Crippen MR) is 137 cm³/mol. The Kier molecular flexibility index (Phi) is 7.85. The molecule has 2 unspecified atom stereocenters. The van der Waals surface area contributed by atoms with E-state index in [0.717, 1.165) is 63.4 Å². The van der Waals surface area contributed by atoms with Crippen LogP contribution in [0.3, 0.4) is 0 Å². The van der Waals surface area contributed by atoms with Crippen LogP contribution >= 0.6 is 0 Å². The molecule has 0 saturated heterocycles. The van der Waals surface area contributed by atoms with Gasteiger partial charge in [0, 0.05) is 11.0 Å². The minimum atomic E-state index is -0.689. The second-order valence-corrected chi connectivity index (χ2v) is 12.0. The number of allylic oxidation sites excluding steroid dienone is 3. The van der Waals surface area contributed by atoms with E-state index in [1.807, 2.05) is 20.8 Å². The van der Waals surface area contributed by atoms with Gasteiger partial charge in [-0.25, -0.2) is 0 Å². The van der Waals surface area contributed by atoms with Crippen LogP contribution in [0.25, 0.3) is 0 Å². The standard InChI is InChI=1S/C29H47NO3/c1-19(9-7-14-27(4,5)33)24-13-16-29(30)23(10-8-15-28(24,29)6)12-11-22-17-20(2)26(32)21(3)25(31)18-22/h11-12,20,25-26,31-33H,3,7-10,13-18,30H2,1-2,4-6H3/b22-11+,23-12+,24-19+/t20-,25-,26?,28?,29-/m1/s1. The summed E-state index contributed by atoms with van der Waals surface area (Å²) in [5.41, 5.74) is 12.3. The molecule has 3 aliphatic rings. The van der Waals surface area contributed by atoms with Crippen molar-refractivity contribution in [2.45, 2.75) is 122 Å². The number of hydrogen-bond acceptors (Lipinski definition) is 4. The Labute approximate surface area is 201 Å². The van der Waals surface area contributed by atoms with Crippen molar-refractivity contribution >= 4 is 0 Å². The fourth-order valence-corrected chi connectivity index (χ4v) is 6.65. The highest BCUT2D eigenvalue weighted by atomic mass is 16.3. The van der Waals surface area contributed by atoms with Crippen LogP contribution in [0.15, 0.2) is 46.6 Å². The molecule has 3 rings (SSSR count). The van der Waals surface area contributed by atoms with Gasteiger partial charge in [-0.1, -0.05) is 49.3 Å². The zero-order valence-corrected chi connectivity index (χ0v) is 21.6. The number of aliphatic hydroxyl groups excluding tert-OH is 2. The Balaban J connectivity index is 1.84. The van der Waals surface area contributed by atoms with Gasteiger partial charge in [0.2, 0.25) is 0 Å². The predicted octanol–water partition coefficient (Wildman–Crippen LogP) is 5.49. The van der Waals surface area contributed by atoms with E-state index in [1.165, 1.54) is 16.7 Å². The van der Waals surface area contributed by atoms with E-state index in [-0.39, 0.29) is 16.9 Å². The lowest BCUT2D eigenvalue weighted by molar-refractivity contribution is 0.0689. The Morgan fingerprint density at radius 1 is 1.18 bits per heavy atom. The lowest BCUT2D eigenvalue weighted by atomic mass is 9.60. The number of nitrogens with two attached hydrogens (primary N) is 1. The summed E-state index contributed by atoms with van der Waals surface area (Å²) in [7, 11) is 0. The third-order valence-electron chi connectivity index (χ3n) is 8.88. The highest BCUT2D eigenvalue weighted by Crippen LogP contribution is 2.59. The van der Waals surface area contributed by atoms with Crippen LogP contribution in [0.1, 0.15) is 98.8 Å². The summed E-state index contributed by atoms with van der Waals surface area (Å²) in [6.07, 6.45) is 12.5. The van der Waals surface area contributed by atoms with Crippen molar-refractivity contribution in [3.63, 3.8) is 0 Å². The molecule has 0 aromatic rings. The first-order chi connectivity index (χ1) is 15.3. The molecule has 5 N–H and O–H groups in total. The maximum absolute atomic E-state index is 10.4. The molecule has 3 aliphatic carbocycles. The molecule has 4 nitrogen and oxygen atoms in total. The maximum Gasteiger partial charge on any atom is 0.0809 e. The molecule has 0 spiro atoms. The number of fused-ring (bicyclic) bond motifs is 1. The molecule has 0 radical (unpaired) electrons. The Bertz CT molecular complexity index is 845. The van der Waals surface area contributed by atoms with E-state index in [9.17, 15) is 15.3 Å². The van der Waals surface area contributed by atoms with Gasteiger partial charge < -0.3 is 21.1 Å². The molecule has 3 saturated carbocycles. The fraction of sp³-hybridized carbons (Fsp3) is 0.724. The summed E-state index contributed by atoms with van der Waals surface area (Å²) >= 11 is 0. The van der Waals surface area contributed by atoms with Crippen LogP contribution < -0.4 is 5.73 Å². The van der Waals surface area contributed by atoms with Crippen LogP contribution in [0.5, 0.6) is 0 Å². The molecule has 33 heavy (non-hydrogen) atoms. The molecule has 0 bridgehead atoms. The summed E-state index contributed by atoms with van der Waals surface area (Å²) in [5.74, 6) is 0.0512. The summed E-state index contributed by atoms with van der Waals surface area (Å²) < 4.78 is 0. The van der Waals surface area contributed by atoms with Gasteiger partial charge in [0.1, 0.15) is 0 Å². The first-order valence-electron chi connectivity index (χ1n) is 12.9. The molecular formula is C29H47NO3. The van der Waals surface area contributed by atoms with Gasteiger partial charge in [-0.15, -0.1) is 0 Å². The SMILES string of the molecule is C=C1C(O)[C@H](C)C/C(=C\C=C2/CCCC3(C)/C(=C(\C)CCCC(C)(C)O)CC[C@@]23N)C[C@H]1O. The van der Waals surface area contributed by atoms with Gasteiger partial charge in [0.15, 0.2) is 0 Å². The quantitative estimate of drug-likeness (QED) is 0.325. The highest BCUT2D eigenvalue weighted by molar-refractivity contribution is 5.43. The molecule has 0 aromatic heterocycles. The van der Waals surface area contributed by atoms with Crippen LogP contribution in [-0.2, 0) is 0 Å². The molecule has 0 heterocycles. The molecule has 3 fully saturated rings. The summed E-state index contributed by atoms with van der Waals surface area (Å²) in [6.45, 7) is 14.3. The average Bonchev–Trinajstić information content (AvgIpc) is 2.96. The van der Waals surface area contributed by atoms with Crippen LogP contribution in [0, 0.1) is 11.3 Å². The second kappa shape index (κ2) is 9.81. The number of rotatable bonds is 5. The van der Waals surface area contributed by atoms with Gasteiger partial charge >= 0.3 is 0 Å². The molecule has 0 aromatic carbocycles. The molecule has 4 heteroatoms. The zero-order chi connectivity index (χ0) is 24.6. The van der Waals surface area contributed by atoms with Gasteiger partial charge in [-0.3, -0.25) is 0 Å². The number of aliphatic hydroxyl groups is 3. The second-order valence-electron chi connectivity index (χ2n) is 12.0. The van der Waals surface area contributed by atoms with Crippen molar-refractivity contribution < 1.29 is 15.3 Å². The third-order valence-corrected chi connectivity index (χ3v) is 8.88. The highest BCUT2D eigenvalue weighted by Gasteiger charge is 2.55. The molecule has 186 valence electrons. The molecular weight excluding hydrogens is 410 g/mol. The van der Waals surface area contributed by atoms with E-state index >= 15 is 0 Å². The first-order valence-corrected chi connectivity index (χ1v) is 12.9. The van der Waals surface area contributed by atoms with Crippen molar-refractivity contribution in [1.29, 1.82) is 0 Å². The minimum absolute atomic E-state index is 0.0187. The monoisotopic (exact) mass is 457 g/mol. The summed E-state index contributed by atoms with van der Waals surface area (Å²) in [6, 6.07) is 0. The van der Waals surface area contributed by atoms with Gasteiger partial charge in [0.25, 0.3) is 0 Å². The van der Waals surface area contributed by atoms with E-state index in [4.69, 9.17) is 5.73 Å². The third kappa shape index (κ3) is 5.40. The molecule has 5 atom stereocenters. The zero-order valence-electron chi connectivity index (χ0n) is 21.6. The smallest absolute Gasteiger partial charge is 0.0809 e. The Morgan fingerprint density at radius 2 is 1.88 bits per heavy atom. The summed E-state index contributed by atoms with van der Waals surface area (Å²) in [5, 5.41) is 30.9. The number of hydrogen-bond donors (Lipinski definition) is 4. The lowest BCUT2D eigenvalue weighted by Gasteiger charge is -2.48. The Hall–Kier alpha value is -1.20. The van der Waals surface area contributed by atoms with Crippen LogP contribution in [0.2, 0.25) is 0 Å². The topological polar surface area (TPSA) is 86.7 Å². The molecule has 0 aliphatic heterocycles. The largest absolute Gasteiger partial charge is 0.390 e. The summed E-state index contributed by atoms with van der Waals surface area (Å²) in [4.78, 5) is 0. The lowest BCUT2D eigenvalue weighted by Crippen LogP contribution is -2.54. The average molecular weight is 458 g/mol. The van der Waals surface area contributed by atoms with E-state index in [2.05, 4.69) is 32.6 Å². The van der Waals surface area contributed by atoms with Gasteiger partial charge in [0.05, 0.1) is 17.8 Å². The Morgan fingerprint density at radius 3 is 2.55 bits per heavy atom. The normalized spacial score (nSPS) is 39.7. The van der Waals surface area contributed by atoms with E-state index in [1.54, 1.807) is 0 Å². The van der Waals surface area contributed by atoms with Gasteiger partial charge in [-0.2, -0.15) is 0 Å². The van der Waals surface area contributed by atoms with E-state index in [0.29, 0.717) is 12.0 Å². The minimum Gasteiger partial charge on any atom is -0.390 e. The maximum atomic E-state index is 10.4.